The Balaban J connectivity index is 4.04. The Morgan fingerprint density at radius 1 is 1.44 bits per heavy atom. The maximum Gasteiger partial charge on any atom is 0.323 e. The van der Waals surface area contributed by atoms with Crippen molar-refractivity contribution in [1.29, 1.82) is 0 Å². The highest BCUT2D eigenvalue weighted by atomic mass is 16.6. The molecule has 0 saturated carbocycles. The van der Waals surface area contributed by atoms with Gasteiger partial charge in [0.2, 0.25) is 0 Å². The van der Waals surface area contributed by atoms with Crippen LogP contribution in [0.2, 0.25) is 0 Å². The predicted octanol–water partition coefficient (Wildman–Crippen LogP) is 0.775. The lowest BCUT2D eigenvalue weighted by Gasteiger charge is -2.20. The average molecular weight is 229 g/mol. The summed E-state index contributed by atoms with van der Waals surface area (Å²) in [4.78, 5) is 22.5. The Kier molecular flexibility index (Phi) is 5.74. The van der Waals surface area contributed by atoms with E-state index in [1.807, 2.05) is 0 Å². The summed E-state index contributed by atoms with van der Waals surface area (Å²) in [5, 5.41) is 0. The third-order valence-corrected chi connectivity index (χ3v) is 1.45. The molecular formula is C11H19NO4. The molecule has 0 aromatic carbocycles. The van der Waals surface area contributed by atoms with Gasteiger partial charge in [-0.15, -0.1) is 0 Å². The van der Waals surface area contributed by atoms with E-state index < -0.39 is 23.6 Å². The molecule has 0 fully saturated rings. The number of hydrogen-bond acceptors (Lipinski definition) is 5. The van der Waals surface area contributed by atoms with Gasteiger partial charge in [0.05, 0.1) is 6.42 Å². The van der Waals surface area contributed by atoms with E-state index in [-0.39, 0.29) is 13.0 Å². The molecule has 0 radical (unpaired) electrons. The lowest BCUT2D eigenvalue weighted by molar-refractivity contribution is -0.158. The van der Waals surface area contributed by atoms with E-state index in [0.717, 1.165) is 0 Å². The lowest BCUT2D eigenvalue weighted by Crippen LogP contribution is -2.36. The van der Waals surface area contributed by atoms with E-state index in [4.69, 9.17) is 15.2 Å². The molecule has 5 nitrogen and oxygen atoms in total. The van der Waals surface area contributed by atoms with Crippen LogP contribution >= 0.6 is 0 Å². The van der Waals surface area contributed by atoms with Gasteiger partial charge in [0.1, 0.15) is 18.2 Å². The van der Waals surface area contributed by atoms with Crippen LogP contribution in [0.4, 0.5) is 0 Å². The molecule has 0 unspecified atom stereocenters. The van der Waals surface area contributed by atoms with Gasteiger partial charge in [-0.1, -0.05) is 12.7 Å². The maximum absolute atomic E-state index is 11.3. The number of esters is 2. The van der Waals surface area contributed by atoms with Crippen LogP contribution in [-0.2, 0) is 19.1 Å². The molecule has 0 saturated heterocycles. The van der Waals surface area contributed by atoms with Crippen molar-refractivity contribution < 1.29 is 19.1 Å². The second-order valence-electron chi connectivity index (χ2n) is 4.32. The van der Waals surface area contributed by atoms with E-state index in [1.165, 1.54) is 6.08 Å². The first-order chi connectivity index (χ1) is 7.26. The molecule has 0 rings (SSSR count). The van der Waals surface area contributed by atoms with E-state index in [1.54, 1.807) is 20.8 Å². The Morgan fingerprint density at radius 2 is 2.00 bits per heavy atom. The van der Waals surface area contributed by atoms with Crippen molar-refractivity contribution in [2.45, 2.75) is 38.8 Å². The summed E-state index contributed by atoms with van der Waals surface area (Å²) in [6, 6.07) is -0.991. The first kappa shape index (κ1) is 14.6. The van der Waals surface area contributed by atoms with E-state index in [9.17, 15) is 9.59 Å². The maximum atomic E-state index is 11.3. The number of hydrogen-bond donors (Lipinski definition) is 1. The first-order valence-corrected chi connectivity index (χ1v) is 5.01. The van der Waals surface area contributed by atoms with Crippen LogP contribution in [0.5, 0.6) is 0 Å². The molecule has 1 atom stereocenters. The van der Waals surface area contributed by atoms with Crippen molar-refractivity contribution in [3.05, 3.63) is 12.7 Å². The second-order valence-corrected chi connectivity index (χ2v) is 4.32. The lowest BCUT2D eigenvalue weighted by atomic mass is 10.2. The summed E-state index contributed by atoms with van der Waals surface area (Å²) < 4.78 is 9.71. The van der Waals surface area contributed by atoms with Gasteiger partial charge in [0, 0.05) is 0 Å². The Labute approximate surface area is 95.6 Å². The molecule has 0 amide bonds. The zero-order valence-electron chi connectivity index (χ0n) is 9.99. The standard InChI is InChI=1S/C11H19NO4/c1-5-6-15-10(14)8(12)7-9(13)16-11(2,3)4/h5,8H,1,6-7,12H2,2-4H3/t8-/m1/s1. The molecule has 0 aliphatic rings. The fourth-order valence-corrected chi connectivity index (χ4v) is 0.894. The van der Waals surface area contributed by atoms with Crippen molar-refractivity contribution in [2.75, 3.05) is 6.61 Å². The quantitative estimate of drug-likeness (QED) is 0.556. The summed E-state index contributed by atoms with van der Waals surface area (Å²) in [5.74, 6) is -1.15. The number of nitrogens with two attached hydrogens (primary N) is 1. The minimum Gasteiger partial charge on any atom is -0.460 e. The Bertz CT molecular complexity index is 268. The predicted molar refractivity (Wildman–Crippen MR) is 59.6 cm³/mol. The smallest absolute Gasteiger partial charge is 0.323 e. The minimum absolute atomic E-state index is 0.0842. The van der Waals surface area contributed by atoms with Crippen LogP contribution < -0.4 is 5.73 Å². The molecule has 0 heterocycles. The molecule has 0 aliphatic heterocycles. The Morgan fingerprint density at radius 3 is 2.44 bits per heavy atom. The van der Waals surface area contributed by atoms with Crippen LogP contribution in [0, 0.1) is 0 Å². The summed E-state index contributed by atoms with van der Waals surface area (Å²) in [6.07, 6.45) is 1.24. The number of ether oxygens (including phenoxy) is 2. The summed E-state index contributed by atoms with van der Waals surface area (Å²) in [6.45, 7) is 8.70. The SMILES string of the molecule is C=CCOC(=O)[C@H](N)CC(=O)OC(C)(C)C. The van der Waals surface area contributed by atoms with Gasteiger partial charge in [-0.25, -0.2) is 0 Å². The van der Waals surface area contributed by atoms with Crippen molar-refractivity contribution in [1.82, 2.24) is 0 Å². The van der Waals surface area contributed by atoms with Crippen LogP contribution in [0.25, 0.3) is 0 Å². The largest absolute Gasteiger partial charge is 0.460 e. The van der Waals surface area contributed by atoms with Crippen molar-refractivity contribution in [2.24, 2.45) is 5.73 Å². The normalized spacial score (nSPS) is 12.8. The van der Waals surface area contributed by atoms with E-state index in [0.29, 0.717) is 0 Å². The van der Waals surface area contributed by atoms with Gasteiger partial charge in [0.15, 0.2) is 0 Å². The van der Waals surface area contributed by atoms with Crippen molar-refractivity contribution in [3.8, 4) is 0 Å². The minimum atomic E-state index is -0.991. The highest BCUT2D eigenvalue weighted by Gasteiger charge is 2.23. The Hall–Kier alpha value is -1.36. The molecular weight excluding hydrogens is 210 g/mol. The molecule has 0 spiro atoms. The molecule has 92 valence electrons. The van der Waals surface area contributed by atoms with Crippen LogP contribution in [0.15, 0.2) is 12.7 Å². The molecule has 16 heavy (non-hydrogen) atoms. The highest BCUT2D eigenvalue weighted by molar-refractivity contribution is 5.82. The molecule has 5 heteroatoms. The summed E-state index contributed by atoms with van der Waals surface area (Å²) in [7, 11) is 0. The molecule has 0 bridgehead atoms. The highest BCUT2D eigenvalue weighted by Crippen LogP contribution is 2.09. The molecule has 0 aromatic rings. The van der Waals surface area contributed by atoms with Crippen LogP contribution in [-0.4, -0.2) is 30.2 Å². The van der Waals surface area contributed by atoms with Gasteiger partial charge >= 0.3 is 11.9 Å². The molecule has 0 aliphatic carbocycles. The summed E-state index contributed by atoms with van der Waals surface area (Å²) >= 11 is 0. The van der Waals surface area contributed by atoms with Gasteiger partial charge in [0.25, 0.3) is 0 Å². The number of carbonyl (C=O) groups is 2. The van der Waals surface area contributed by atoms with Gasteiger partial charge in [-0.05, 0) is 20.8 Å². The second kappa shape index (κ2) is 6.27. The summed E-state index contributed by atoms with van der Waals surface area (Å²) in [5.41, 5.74) is 4.89. The molecule has 0 aromatic heterocycles. The van der Waals surface area contributed by atoms with Crippen LogP contribution in [0.3, 0.4) is 0 Å². The first-order valence-electron chi connectivity index (χ1n) is 5.01. The van der Waals surface area contributed by atoms with E-state index in [2.05, 4.69) is 6.58 Å². The van der Waals surface area contributed by atoms with Gasteiger partial charge < -0.3 is 15.2 Å². The van der Waals surface area contributed by atoms with Gasteiger partial charge in [-0.3, -0.25) is 9.59 Å². The van der Waals surface area contributed by atoms with Crippen molar-refractivity contribution >= 4 is 11.9 Å². The third kappa shape index (κ3) is 7.00. The fraction of sp³-hybridized carbons (Fsp3) is 0.636. The monoisotopic (exact) mass is 229 g/mol. The zero-order chi connectivity index (χ0) is 12.8. The third-order valence-electron chi connectivity index (χ3n) is 1.45. The fourth-order valence-electron chi connectivity index (χ4n) is 0.894. The molecule has 2 N–H and O–H groups in total. The van der Waals surface area contributed by atoms with Gasteiger partial charge in [-0.2, -0.15) is 0 Å². The topological polar surface area (TPSA) is 78.6 Å². The number of carbonyl (C=O) groups excluding carboxylic acids is 2. The van der Waals surface area contributed by atoms with E-state index >= 15 is 0 Å². The number of rotatable bonds is 5. The average Bonchev–Trinajstić information content (AvgIpc) is 2.10. The zero-order valence-corrected chi connectivity index (χ0v) is 9.99. The van der Waals surface area contributed by atoms with Crippen molar-refractivity contribution in [3.63, 3.8) is 0 Å². The van der Waals surface area contributed by atoms with Crippen LogP contribution in [0.1, 0.15) is 27.2 Å².